The third kappa shape index (κ3) is 7.32. The van der Waals surface area contributed by atoms with E-state index in [0.29, 0.717) is 5.56 Å². The van der Waals surface area contributed by atoms with Gasteiger partial charge in [-0.25, -0.2) is 13.1 Å². The molecule has 0 saturated heterocycles. The lowest BCUT2D eigenvalue weighted by molar-refractivity contribution is -0.137. The minimum atomic E-state index is -3.78. The number of hydrogen-bond donors (Lipinski definition) is 3. The van der Waals surface area contributed by atoms with Crippen LogP contribution in [-0.2, 0) is 19.6 Å². The normalized spacial score (nSPS) is 11.8. The fourth-order valence-corrected chi connectivity index (χ4v) is 3.20. The second kappa shape index (κ2) is 8.91. The van der Waals surface area contributed by atoms with Gasteiger partial charge in [-0.2, -0.15) is 0 Å². The number of ketones is 1. The van der Waals surface area contributed by atoms with E-state index in [-0.39, 0.29) is 42.4 Å². The summed E-state index contributed by atoms with van der Waals surface area (Å²) in [6.45, 7) is 4.69. The Hall–Kier alpha value is -2.26. The lowest BCUT2D eigenvalue weighted by Gasteiger charge is -2.25. The number of benzene rings is 1. The molecule has 1 aromatic carbocycles. The molecule has 0 bridgehead atoms. The fourth-order valence-electron chi connectivity index (χ4n) is 2.17. The first kappa shape index (κ1) is 21.8. The number of amides is 1. The van der Waals surface area contributed by atoms with Gasteiger partial charge in [-0.15, -0.1) is 0 Å². The number of carboxylic acids is 1. The van der Waals surface area contributed by atoms with Gasteiger partial charge in [0.2, 0.25) is 15.9 Å². The highest BCUT2D eigenvalue weighted by molar-refractivity contribution is 7.89. The number of carboxylic acid groups (broad SMARTS) is 1. The molecule has 26 heavy (non-hydrogen) atoms. The zero-order chi connectivity index (χ0) is 20.0. The Bertz CT molecular complexity index is 769. The maximum absolute atomic E-state index is 12.2. The van der Waals surface area contributed by atoms with E-state index in [9.17, 15) is 22.8 Å². The van der Waals surface area contributed by atoms with E-state index in [1.807, 2.05) is 0 Å². The highest BCUT2D eigenvalue weighted by atomic mass is 32.2. The van der Waals surface area contributed by atoms with Gasteiger partial charge < -0.3 is 10.4 Å². The molecule has 1 aromatic rings. The van der Waals surface area contributed by atoms with Gasteiger partial charge >= 0.3 is 5.97 Å². The summed E-state index contributed by atoms with van der Waals surface area (Å²) < 4.78 is 26.7. The number of carbonyl (C=O) groups is 3. The molecule has 0 aliphatic rings. The van der Waals surface area contributed by atoms with Crippen molar-refractivity contribution in [3.63, 3.8) is 0 Å². The average molecular weight is 384 g/mol. The van der Waals surface area contributed by atoms with Gasteiger partial charge in [-0.05, 0) is 39.3 Å². The zero-order valence-electron chi connectivity index (χ0n) is 15.0. The molecule has 1 rings (SSSR count). The zero-order valence-corrected chi connectivity index (χ0v) is 15.9. The molecule has 144 valence electrons. The van der Waals surface area contributed by atoms with Crippen LogP contribution in [-0.4, -0.2) is 43.3 Å². The molecule has 0 aromatic heterocycles. The Morgan fingerprint density at radius 2 is 1.65 bits per heavy atom. The van der Waals surface area contributed by atoms with E-state index in [1.54, 1.807) is 13.8 Å². The molecular weight excluding hydrogens is 360 g/mol. The van der Waals surface area contributed by atoms with Crippen LogP contribution in [0.2, 0.25) is 0 Å². The Labute approximate surface area is 153 Å². The number of nitrogens with one attached hydrogen (secondary N) is 2. The van der Waals surface area contributed by atoms with Crippen molar-refractivity contribution in [3.8, 4) is 0 Å². The van der Waals surface area contributed by atoms with Crippen LogP contribution in [0.1, 0.15) is 50.4 Å². The first-order valence-electron chi connectivity index (χ1n) is 8.06. The third-order valence-corrected chi connectivity index (χ3v) is 5.13. The summed E-state index contributed by atoms with van der Waals surface area (Å²) in [5.41, 5.74) is -0.288. The van der Waals surface area contributed by atoms with Crippen molar-refractivity contribution in [2.75, 3.05) is 6.54 Å². The van der Waals surface area contributed by atoms with E-state index in [4.69, 9.17) is 5.11 Å². The summed E-state index contributed by atoms with van der Waals surface area (Å²) in [4.78, 5) is 33.7. The van der Waals surface area contributed by atoms with Crippen LogP contribution >= 0.6 is 0 Å². The molecular formula is C17H24N2O6S. The predicted octanol–water partition coefficient (Wildman–Crippen LogP) is 1.32. The molecule has 0 aliphatic carbocycles. The summed E-state index contributed by atoms with van der Waals surface area (Å²) in [5, 5.41) is 11.4. The molecule has 0 spiro atoms. The summed E-state index contributed by atoms with van der Waals surface area (Å²) in [6, 6.07) is 5.51. The molecule has 8 nitrogen and oxygen atoms in total. The Morgan fingerprint density at radius 3 is 2.15 bits per heavy atom. The lowest BCUT2D eigenvalue weighted by atomic mass is 9.98. The van der Waals surface area contributed by atoms with Crippen molar-refractivity contribution in [1.82, 2.24) is 10.0 Å². The maximum atomic E-state index is 12.2. The van der Waals surface area contributed by atoms with E-state index >= 15 is 0 Å². The van der Waals surface area contributed by atoms with E-state index in [2.05, 4.69) is 10.0 Å². The topological polar surface area (TPSA) is 130 Å². The van der Waals surface area contributed by atoms with Gasteiger partial charge in [0.05, 0.1) is 4.90 Å². The molecule has 1 amide bonds. The van der Waals surface area contributed by atoms with Gasteiger partial charge in [-0.1, -0.05) is 12.1 Å². The molecule has 0 saturated carbocycles. The number of rotatable bonds is 10. The van der Waals surface area contributed by atoms with E-state index < -0.39 is 21.5 Å². The van der Waals surface area contributed by atoms with Crippen LogP contribution in [0, 0.1) is 0 Å². The summed E-state index contributed by atoms with van der Waals surface area (Å²) in [7, 11) is -3.78. The van der Waals surface area contributed by atoms with Gasteiger partial charge in [-0.3, -0.25) is 14.4 Å². The molecule has 0 radical (unpaired) electrons. The van der Waals surface area contributed by atoms with Crippen molar-refractivity contribution < 1.29 is 27.9 Å². The van der Waals surface area contributed by atoms with Crippen molar-refractivity contribution in [2.45, 2.75) is 50.5 Å². The van der Waals surface area contributed by atoms with E-state index in [1.165, 1.54) is 31.2 Å². The first-order chi connectivity index (χ1) is 11.9. The van der Waals surface area contributed by atoms with Gasteiger partial charge in [0, 0.05) is 30.5 Å². The highest BCUT2D eigenvalue weighted by Gasteiger charge is 2.22. The number of sulfonamides is 1. The van der Waals surface area contributed by atoms with Crippen LogP contribution in [0.15, 0.2) is 29.2 Å². The summed E-state index contributed by atoms with van der Waals surface area (Å²) in [6.07, 6.45) is 0.111. The number of carbonyl (C=O) groups excluding carboxylic acids is 2. The third-order valence-electron chi connectivity index (χ3n) is 3.66. The standard InChI is InChI=1S/C17H24N2O6S/c1-12(20)13-4-6-14(7-5-13)26(24,25)18-11-9-15(21)19-17(2,3)10-8-16(22)23/h4-7,18H,8-11H2,1-3H3,(H,19,21)(H,22,23). The molecule has 3 N–H and O–H groups in total. The first-order valence-corrected chi connectivity index (χ1v) is 9.55. The second-order valence-electron chi connectivity index (χ2n) is 6.55. The van der Waals surface area contributed by atoms with Crippen LogP contribution in [0.5, 0.6) is 0 Å². The second-order valence-corrected chi connectivity index (χ2v) is 8.32. The smallest absolute Gasteiger partial charge is 0.303 e. The highest BCUT2D eigenvalue weighted by Crippen LogP contribution is 2.12. The molecule has 0 fully saturated rings. The Kier molecular flexibility index (Phi) is 7.46. The van der Waals surface area contributed by atoms with Crippen LogP contribution in [0.3, 0.4) is 0 Å². The van der Waals surface area contributed by atoms with Gasteiger partial charge in [0.1, 0.15) is 0 Å². The monoisotopic (exact) mass is 384 g/mol. The minimum absolute atomic E-state index is 0.00435. The van der Waals surface area contributed by atoms with Crippen LogP contribution < -0.4 is 10.0 Å². The van der Waals surface area contributed by atoms with Crippen LogP contribution in [0.4, 0.5) is 0 Å². The molecule has 0 unspecified atom stereocenters. The number of hydrogen-bond acceptors (Lipinski definition) is 5. The average Bonchev–Trinajstić information content (AvgIpc) is 2.52. The molecule has 0 atom stereocenters. The van der Waals surface area contributed by atoms with Crippen molar-refractivity contribution >= 4 is 27.7 Å². The van der Waals surface area contributed by atoms with E-state index in [0.717, 1.165) is 0 Å². The minimum Gasteiger partial charge on any atom is -0.481 e. The Morgan fingerprint density at radius 1 is 1.08 bits per heavy atom. The SMILES string of the molecule is CC(=O)c1ccc(S(=O)(=O)NCCC(=O)NC(C)(C)CCC(=O)O)cc1. The summed E-state index contributed by atoms with van der Waals surface area (Å²) in [5.74, 6) is -1.49. The van der Waals surface area contributed by atoms with Crippen LogP contribution in [0.25, 0.3) is 0 Å². The predicted molar refractivity (Wildman–Crippen MR) is 95.3 cm³/mol. The largest absolute Gasteiger partial charge is 0.481 e. The summed E-state index contributed by atoms with van der Waals surface area (Å²) >= 11 is 0. The fraction of sp³-hybridized carbons (Fsp3) is 0.471. The number of Topliss-reactive ketones (excluding diaryl/α,β-unsaturated/α-hetero) is 1. The van der Waals surface area contributed by atoms with Crippen molar-refractivity contribution in [1.29, 1.82) is 0 Å². The molecule has 0 aliphatic heterocycles. The maximum Gasteiger partial charge on any atom is 0.303 e. The van der Waals surface area contributed by atoms with Crippen molar-refractivity contribution in [2.24, 2.45) is 0 Å². The Balaban J connectivity index is 2.53. The van der Waals surface area contributed by atoms with Gasteiger partial charge in [0.25, 0.3) is 0 Å². The lowest BCUT2D eigenvalue weighted by Crippen LogP contribution is -2.44. The molecule has 9 heteroatoms. The number of aliphatic carboxylic acids is 1. The van der Waals surface area contributed by atoms with Crippen molar-refractivity contribution in [3.05, 3.63) is 29.8 Å². The quantitative estimate of drug-likeness (QED) is 0.522. The molecule has 0 heterocycles. The van der Waals surface area contributed by atoms with Gasteiger partial charge in [0.15, 0.2) is 5.78 Å².